The second-order valence-corrected chi connectivity index (χ2v) is 5.05. The highest BCUT2D eigenvalue weighted by atomic mass is 35.5. The van der Waals surface area contributed by atoms with E-state index in [-0.39, 0.29) is 5.28 Å². The fraction of sp³-hybridized carbons (Fsp3) is 0.583. The summed E-state index contributed by atoms with van der Waals surface area (Å²) in [5.41, 5.74) is 1.56. The number of hydrogen-bond donors (Lipinski definition) is 1. The van der Waals surface area contributed by atoms with E-state index in [2.05, 4.69) is 24.8 Å². The number of ether oxygens (including phenoxy) is 1. The Balaban J connectivity index is 1.93. The highest BCUT2D eigenvalue weighted by Gasteiger charge is 2.24. The van der Waals surface area contributed by atoms with Crippen molar-refractivity contribution in [2.24, 2.45) is 0 Å². The quantitative estimate of drug-likeness (QED) is 0.649. The standard InChI is InChI=1S/C12H16ClN5O/c1-19-6-2-5-18-7-14-10-9(18)11(15-8-3-4-8)17-12(13)16-10/h7-8H,2-6H2,1H3,(H,15,16,17). The highest BCUT2D eigenvalue weighted by molar-refractivity contribution is 6.28. The minimum atomic E-state index is 0.234. The molecule has 2 aromatic heterocycles. The summed E-state index contributed by atoms with van der Waals surface area (Å²) in [6.07, 6.45) is 5.07. The minimum Gasteiger partial charge on any atom is -0.385 e. The average molecular weight is 282 g/mol. The average Bonchev–Trinajstić information content (AvgIpc) is 3.10. The van der Waals surface area contributed by atoms with Crippen molar-refractivity contribution in [3.8, 4) is 0 Å². The molecule has 6 nitrogen and oxygen atoms in total. The molecule has 1 saturated carbocycles. The van der Waals surface area contributed by atoms with Crippen LogP contribution in [0.5, 0.6) is 0 Å². The second kappa shape index (κ2) is 5.30. The molecule has 0 saturated heterocycles. The normalized spacial score (nSPS) is 15.1. The molecule has 1 fully saturated rings. The number of aryl methyl sites for hydroxylation is 1. The second-order valence-electron chi connectivity index (χ2n) is 4.72. The number of halogens is 1. The van der Waals surface area contributed by atoms with Crippen LogP contribution in [-0.2, 0) is 11.3 Å². The smallest absolute Gasteiger partial charge is 0.226 e. The first kappa shape index (κ1) is 12.6. The number of imidazole rings is 1. The summed E-state index contributed by atoms with van der Waals surface area (Å²) in [5, 5.41) is 3.62. The Morgan fingerprint density at radius 3 is 3.05 bits per heavy atom. The van der Waals surface area contributed by atoms with Crippen molar-refractivity contribution in [3.05, 3.63) is 11.6 Å². The van der Waals surface area contributed by atoms with E-state index in [9.17, 15) is 0 Å². The molecule has 1 aliphatic rings. The fourth-order valence-electron chi connectivity index (χ4n) is 2.02. The first-order valence-corrected chi connectivity index (χ1v) is 6.79. The fourth-order valence-corrected chi connectivity index (χ4v) is 2.19. The monoisotopic (exact) mass is 281 g/mol. The van der Waals surface area contributed by atoms with Crippen molar-refractivity contribution >= 4 is 28.6 Å². The van der Waals surface area contributed by atoms with E-state index in [4.69, 9.17) is 16.3 Å². The van der Waals surface area contributed by atoms with E-state index in [1.807, 2.05) is 0 Å². The van der Waals surface area contributed by atoms with Crippen molar-refractivity contribution in [2.75, 3.05) is 19.0 Å². The van der Waals surface area contributed by atoms with E-state index < -0.39 is 0 Å². The molecule has 1 N–H and O–H groups in total. The van der Waals surface area contributed by atoms with Gasteiger partial charge in [-0.2, -0.15) is 9.97 Å². The maximum Gasteiger partial charge on any atom is 0.226 e. The molecule has 0 aliphatic heterocycles. The number of fused-ring (bicyclic) bond motifs is 1. The number of rotatable bonds is 6. The molecule has 0 atom stereocenters. The van der Waals surface area contributed by atoms with E-state index in [1.165, 1.54) is 12.8 Å². The van der Waals surface area contributed by atoms with Crippen LogP contribution in [-0.4, -0.2) is 39.3 Å². The topological polar surface area (TPSA) is 64.9 Å². The van der Waals surface area contributed by atoms with Crippen LogP contribution in [0.3, 0.4) is 0 Å². The lowest BCUT2D eigenvalue weighted by Crippen LogP contribution is -2.08. The van der Waals surface area contributed by atoms with Crippen LogP contribution in [0.1, 0.15) is 19.3 Å². The number of nitrogens with one attached hydrogen (secondary N) is 1. The largest absolute Gasteiger partial charge is 0.385 e. The summed E-state index contributed by atoms with van der Waals surface area (Å²) in [4.78, 5) is 12.8. The summed E-state index contributed by atoms with van der Waals surface area (Å²) in [6.45, 7) is 1.55. The lowest BCUT2D eigenvalue weighted by molar-refractivity contribution is 0.190. The first-order chi connectivity index (χ1) is 9.28. The van der Waals surface area contributed by atoms with Gasteiger partial charge in [0.2, 0.25) is 5.28 Å². The van der Waals surface area contributed by atoms with Gasteiger partial charge in [0.15, 0.2) is 11.5 Å². The third kappa shape index (κ3) is 2.79. The first-order valence-electron chi connectivity index (χ1n) is 6.42. The summed E-state index contributed by atoms with van der Waals surface area (Å²) in [5.74, 6) is 0.785. The van der Waals surface area contributed by atoms with Crippen LogP contribution in [0, 0.1) is 0 Å². The zero-order valence-corrected chi connectivity index (χ0v) is 11.5. The summed E-state index contributed by atoms with van der Waals surface area (Å²) in [7, 11) is 1.70. The van der Waals surface area contributed by atoms with Crippen molar-refractivity contribution < 1.29 is 4.74 Å². The van der Waals surface area contributed by atoms with Gasteiger partial charge in [-0.3, -0.25) is 0 Å². The van der Waals surface area contributed by atoms with Gasteiger partial charge in [0.1, 0.15) is 5.52 Å². The minimum absolute atomic E-state index is 0.234. The third-order valence-electron chi connectivity index (χ3n) is 3.11. The Kier molecular flexibility index (Phi) is 3.52. The van der Waals surface area contributed by atoms with Crippen LogP contribution in [0.25, 0.3) is 11.2 Å². The molecule has 0 spiro atoms. The Hall–Kier alpha value is -1.40. The highest BCUT2D eigenvalue weighted by Crippen LogP contribution is 2.28. The lowest BCUT2D eigenvalue weighted by atomic mass is 10.4. The van der Waals surface area contributed by atoms with Crippen LogP contribution in [0.2, 0.25) is 5.28 Å². The molecule has 0 unspecified atom stereocenters. The van der Waals surface area contributed by atoms with E-state index in [1.54, 1.807) is 13.4 Å². The van der Waals surface area contributed by atoms with Gasteiger partial charge in [0, 0.05) is 26.3 Å². The zero-order chi connectivity index (χ0) is 13.2. The van der Waals surface area contributed by atoms with Crippen LogP contribution >= 0.6 is 11.6 Å². The number of aromatic nitrogens is 4. The Morgan fingerprint density at radius 1 is 1.47 bits per heavy atom. The summed E-state index contributed by atoms with van der Waals surface area (Å²) >= 11 is 5.93. The molecule has 0 radical (unpaired) electrons. The van der Waals surface area contributed by atoms with Gasteiger partial charge in [-0.05, 0) is 30.9 Å². The van der Waals surface area contributed by atoms with Gasteiger partial charge in [-0.25, -0.2) is 4.98 Å². The van der Waals surface area contributed by atoms with Gasteiger partial charge in [0.05, 0.1) is 6.33 Å². The number of methoxy groups -OCH3 is 1. The van der Waals surface area contributed by atoms with Crippen LogP contribution in [0.15, 0.2) is 6.33 Å². The molecule has 3 rings (SSSR count). The van der Waals surface area contributed by atoms with Crippen molar-refractivity contribution in [1.82, 2.24) is 19.5 Å². The molecule has 19 heavy (non-hydrogen) atoms. The number of nitrogens with zero attached hydrogens (tertiary/aromatic N) is 4. The van der Waals surface area contributed by atoms with Crippen molar-refractivity contribution in [2.45, 2.75) is 31.8 Å². The van der Waals surface area contributed by atoms with Gasteiger partial charge in [-0.15, -0.1) is 0 Å². The molecule has 7 heteroatoms. The van der Waals surface area contributed by atoms with Gasteiger partial charge < -0.3 is 14.6 Å². The zero-order valence-electron chi connectivity index (χ0n) is 10.8. The van der Waals surface area contributed by atoms with Crippen LogP contribution in [0.4, 0.5) is 5.82 Å². The SMILES string of the molecule is COCCCn1cnc2nc(Cl)nc(NC3CC3)c21. The number of anilines is 1. The molecule has 0 bridgehead atoms. The lowest BCUT2D eigenvalue weighted by Gasteiger charge is -2.09. The molecule has 102 valence electrons. The van der Waals surface area contributed by atoms with E-state index >= 15 is 0 Å². The Morgan fingerprint density at radius 2 is 2.32 bits per heavy atom. The predicted octanol–water partition coefficient (Wildman–Crippen LogP) is 2.09. The molecule has 0 amide bonds. The Labute approximate surface area is 116 Å². The van der Waals surface area contributed by atoms with Gasteiger partial charge >= 0.3 is 0 Å². The maximum absolute atomic E-state index is 5.93. The van der Waals surface area contributed by atoms with Gasteiger partial charge in [-0.1, -0.05) is 0 Å². The molecule has 2 heterocycles. The Bertz CT molecular complexity index is 581. The molecular formula is C12H16ClN5O. The van der Waals surface area contributed by atoms with E-state index in [0.717, 1.165) is 30.9 Å². The molecular weight excluding hydrogens is 266 g/mol. The summed E-state index contributed by atoms with van der Waals surface area (Å²) in [6, 6.07) is 0.511. The number of hydrogen-bond acceptors (Lipinski definition) is 5. The summed E-state index contributed by atoms with van der Waals surface area (Å²) < 4.78 is 7.13. The third-order valence-corrected chi connectivity index (χ3v) is 3.28. The van der Waals surface area contributed by atoms with E-state index in [0.29, 0.717) is 11.7 Å². The molecule has 0 aromatic carbocycles. The van der Waals surface area contributed by atoms with Crippen LogP contribution < -0.4 is 5.32 Å². The van der Waals surface area contributed by atoms with Crippen molar-refractivity contribution in [1.29, 1.82) is 0 Å². The molecule has 1 aliphatic carbocycles. The molecule has 2 aromatic rings. The maximum atomic E-state index is 5.93. The predicted molar refractivity (Wildman–Crippen MR) is 73.5 cm³/mol. The van der Waals surface area contributed by atoms with Gasteiger partial charge in [0.25, 0.3) is 0 Å². The van der Waals surface area contributed by atoms with Crippen molar-refractivity contribution in [3.63, 3.8) is 0 Å².